The van der Waals surface area contributed by atoms with Crippen LogP contribution in [0.4, 0.5) is 23.4 Å². The number of sulfone groups is 1. The van der Waals surface area contributed by atoms with Gasteiger partial charge in [0.2, 0.25) is 0 Å². The van der Waals surface area contributed by atoms with Crippen LogP contribution in [0.2, 0.25) is 0 Å². The summed E-state index contributed by atoms with van der Waals surface area (Å²) in [7, 11) is -3.35. The Morgan fingerprint density at radius 3 is 2.28 bits per heavy atom. The van der Waals surface area contributed by atoms with Crippen molar-refractivity contribution >= 4 is 21.6 Å². The Kier molecular flexibility index (Phi) is 6.69. The summed E-state index contributed by atoms with van der Waals surface area (Å²) in [4.78, 5) is 19.6. The number of carbonyl (C=O) groups is 1. The van der Waals surface area contributed by atoms with Crippen LogP contribution in [0.15, 0.2) is 41.4 Å². The predicted molar refractivity (Wildman–Crippen MR) is 124 cm³/mol. The molecule has 2 aliphatic rings. The summed E-state index contributed by atoms with van der Waals surface area (Å²) in [5.74, 6) is -1.49. The molecule has 2 bridgehead atoms. The van der Waals surface area contributed by atoms with Gasteiger partial charge in [0.25, 0.3) is 5.91 Å². The monoisotopic (exact) mass is 529 g/mol. The smallest absolute Gasteiger partial charge is 0.419 e. The first kappa shape index (κ1) is 26.2. The third-order valence-corrected chi connectivity index (χ3v) is 7.74. The van der Waals surface area contributed by atoms with E-state index in [2.05, 4.69) is 15.2 Å². The first-order chi connectivity index (χ1) is 16.6. The summed E-state index contributed by atoms with van der Waals surface area (Å²) in [6.45, 7) is 2.88. The van der Waals surface area contributed by atoms with E-state index in [1.807, 2.05) is 0 Å². The van der Waals surface area contributed by atoms with Crippen LogP contribution in [0, 0.1) is 5.82 Å². The molecule has 1 aromatic carbocycles. The maximum atomic E-state index is 13.6. The number of fused-ring (bicyclic) bond motifs is 2. The van der Waals surface area contributed by atoms with Gasteiger partial charge in [-0.15, -0.1) is 0 Å². The molecule has 2 saturated heterocycles. The SMILES string of the molecule is CC(C)(Oc1ccc(F)c(C(F)(F)F)c1)C(=O)NC1CC2CCC(C1)N2c1ccc(S(C)(=O)=O)cn1. The highest BCUT2D eigenvalue weighted by Crippen LogP contribution is 2.39. The molecule has 2 atom stereocenters. The molecule has 1 aromatic heterocycles. The molecule has 36 heavy (non-hydrogen) atoms. The molecule has 2 aromatic rings. The second kappa shape index (κ2) is 9.20. The summed E-state index contributed by atoms with van der Waals surface area (Å²) in [6.07, 6.45) is 0.619. The van der Waals surface area contributed by atoms with Crippen molar-refractivity contribution in [2.75, 3.05) is 11.2 Å². The zero-order chi connectivity index (χ0) is 26.5. The van der Waals surface area contributed by atoms with Gasteiger partial charge in [-0.1, -0.05) is 0 Å². The van der Waals surface area contributed by atoms with Crippen LogP contribution in [-0.2, 0) is 20.8 Å². The number of ether oxygens (including phenoxy) is 1. The maximum absolute atomic E-state index is 13.6. The van der Waals surface area contributed by atoms with E-state index in [1.165, 1.54) is 26.1 Å². The Balaban J connectivity index is 1.41. The molecule has 0 saturated carbocycles. The predicted octanol–water partition coefficient (Wildman–Crippen LogP) is 4.12. The molecule has 3 heterocycles. The average molecular weight is 530 g/mol. The summed E-state index contributed by atoms with van der Waals surface area (Å²) in [5.41, 5.74) is -2.96. The summed E-state index contributed by atoms with van der Waals surface area (Å²) in [6, 6.07) is 5.51. The average Bonchev–Trinajstić information content (AvgIpc) is 3.04. The fraction of sp³-hybridized carbons (Fsp3) is 0.500. The van der Waals surface area contributed by atoms with Gasteiger partial charge in [0, 0.05) is 30.6 Å². The highest BCUT2D eigenvalue weighted by atomic mass is 32.2. The Bertz CT molecular complexity index is 1230. The fourth-order valence-electron chi connectivity index (χ4n) is 4.90. The highest BCUT2D eigenvalue weighted by Gasteiger charge is 2.43. The Hall–Kier alpha value is -2.89. The number of pyridine rings is 1. The topological polar surface area (TPSA) is 88.6 Å². The summed E-state index contributed by atoms with van der Waals surface area (Å²) < 4.78 is 81.6. The second-order valence-corrected chi connectivity index (χ2v) is 11.8. The van der Waals surface area contributed by atoms with Crippen LogP contribution in [-0.4, -0.2) is 49.3 Å². The molecule has 0 radical (unpaired) electrons. The number of nitrogens with zero attached hydrogens (tertiary/aromatic N) is 2. The van der Waals surface area contributed by atoms with Crippen molar-refractivity contribution in [3.63, 3.8) is 0 Å². The van der Waals surface area contributed by atoms with Crippen molar-refractivity contribution in [2.24, 2.45) is 0 Å². The van der Waals surface area contributed by atoms with Crippen LogP contribution >= 0.6 is 0 Å². The van der Waals surface area contributed by atoms with E-state index in [9.17, 15) is 30.8 Å². The van der Waals surface area contributed by atoms with Gasteiger partial charge < -0.3 is 15.0 Å². The first-order valence-electron chi connectivity index (χ1n) is 11.5. The van der Waals surface area contributed by atoms with Crippen molar-refractivity contribution in [3.8, 4) is 5.75 Å². The quantitative estimate of drug-likeness (QED) is 0.567. The number of rotatable bonds is 6. The highest BCUT2D eigenvalue weighted by molar-refractivity contribution is 7.90. The number of aromatic nitrogens is 1. The normalized spacial score (nSPS) is 22.4. The van der Waals surface area contributed by atoms with E-state index in [0.29, 0.717) is 30.8 Å². The number of piperidine rings is 1. The molecule has 0 spiro atoms. The van der Waals surface area contributed by atoms with Gasteiger partial charge in [-0.3, -0.25) is 4.79 Å². The molecule has 7 nitrogen and oxygen atoms in total. The molecule has 196 valence electrons. The third-order valence-electron chi connectivity index (χ3n) is 6.64. The van der Waals surface area contributed by atoms with Crippen molar-refractivity contribution in [1.29, 1.82) is 0 Å². The van der Waals surface area contributed by atoms with E-state index in [4.69, 9.17) is 4.74 Å². The summed E-state index contributed by atoms with van der Waals surface area (Å²) >= 11 is 0. The van der Waals surface area contributed by atoms with Gasteiger partial charge in [-0.2, -0.15) is 13.2 Å². The molecular formula is C24H27F4N3O4S. The van der Waals surface area contributed by atoms with Gasteiger partial charge in [0.05, 0.1) is 10.5 Å². The van der Waals surface area contributed by atoms with Gasteiger partial charge in [-0.05, 0) is 69.9 Å². The largest absolute Gasteiger partial charge is 0.478 e. The number of halogens is 4. The van der Waals surface area contributed by atoms with Crippen LogP contribution < -0.4 is 15.0 Å². The van der Waals surface area contributed by atoms with E-state index in [0.717, 1.165) is 25.2 Å². The lowest BCUT2D eigenvalue weighted by molar-refractivity contribution is -0.140. The molecule has 1 N–H and O–H groups in total. The minimum Gasteiger partial charge on any atom is -0.478 e. The lowest BCUT2D eigenvalue weighted by atomic mass is 9.96. The Morgan fingerprint density at radius 2 is 1.75 bits per heavy atom. The molecule has 0 aliphatic carbocycles. The molecule has 1 amide bonds. The van der Waals surface area contributed by atoms with Gasteiger partial charge in [0.15, 0.2) is 15.4 Å². The van der Waals surface area contributed by atoms with E-state index < -0.39 is 38.9 Å². The lowest BCUT2D eigenvalue weighted by Crippen LogP contribution is -2.55. The number of anilines is 1. The van der Waals surface area contributed by atoms with E-state index in [1.54, 1.807) is 6.07 Å². The molecule has 12 heteroatoms. The molecule has 2 aliphatic heterocycles. The number of hydrogen-bond acceptors (Lipinski definition) is 6. The van der Waals surface area contributed by atoms with Gasteiger partial charge in [0.1, 0.15) is 17.4 Å². The zero-order valence-electron chi connectivity index (χ0n) is 20.0. The molecule has 4 rings (SSSR count). The Labute approximate surface area is 206 Å². The fourth-order valence-corrected chi connectivity index (χ4v) is 5.46. The van der Waals surface area contributed by atoms with Crippen molar-refractivity contribution < 1.29 is 35.5 Å². The van der Waals surface area contributed by atoms with Crippen LogP contribution in [0.1, 0.15) is 45.1 Å². The minimum absolute atomic E-state index is 0.0982. The third kappa shape index (κ3) is 5.42. The van der Waals surface area contributed by atoms with E-state index in [-0.39, 0.29) is 28.8 Å². The number of carbonyl (C=O) groups excluding carboxylic acids is 1. The Morgan fingerprint density at radius 1 is 1.11 bits per heavy atom. The number of nitrogens with one attached hydrogen (secondary N) is 1. The van der Waals surface area contributed by atoms with Crippen LogP contribution in [0.5, 0.6) is 5.75 Å². The second-order valence-electron chi connectivity index (χ2n) is 9.81. The number of hydrogen-bond donors (Lipinski definition) is 1. The van der Waals surface area contributed by atoms with Crippen molar-refractivity contribution in [1.82, 2.24) is 10.3 Å². The van der Waals surface area contributed by atoms with Gasteiger partial charge in [-0.25, -0.2) is 17.8 Å². The number of amides is 1. The molecule has 2 fully saturated rings. The minimum atomic E-state index is -4.89. The number of alkyl halides is 3. The maximum Gasteiger partial charge on any atom is 0.419 e. The first-order valence-corrected chi connectivity index (χ1v) is 13.4. The standard InChI is InChI=1S/C24H27F4N3O4S/c1-23(2,35-17-6-8-20(25)19(12-17)24(26,27)28)22(32)30-14-10-15-4-5-16(11-14)31(15)21-9-7-18(13-29-21)36(3,33)34/h6-9,12-16H,4-5,10-11H2,1-3H3,(H,30,32). The molecule has 2 unspecified atom stereocenters. The molecular weight excluding hydrogens is 502 g/mol. The van der Waals surface area contributed by atoms with Crippen molar-refractivity contribution in [2.45, 2.75) is 74.3 Å². The lowest BCUT2D eigenvalue weighted by Gasteiger charge is -2.40. The zero-order valence-corrected chi connectivity index (χ0v) is 20.8. The van der Waals surface area contributed by atoms with Crippen molar-refractivity contribution in [3.05, 3.63) is 47.9 Å². The summed E-state index contributed by atoms with van der Waals surface area (Å²) in [5, 5.41) is 2.95. The van der Waals surface area contributed by atoms with Gasteiger partial charge >= 0.3 is 6.18 Å². The van der Waals surface area contributed by atoms with Crippen LogP contribution in [0.25, 0.3) is 0 Å². The number of benzene rings is 1. The van der Waals surface area contributed by atoms with Crippen LogP contribution in [0.3, 0.4) is 0 Å². The van der Waals surface area contributed by atoms with E-state index >= 15 is 0 Å².